The van der Waals surface area contributed by atoms with Crippen LogP contribution in [0, 0.1) is 5.92 Å². The third-order valence-corrected chi connectivity index (χ3v) is 4.28. The molecule has 0 saturated carbocycles. The van der Waals surface area contributed by atoms with Crippen LogP contribution in [0.2, 0.25) is 0 Å². The monoisotopic (exact) mass is 257 g/mol. The topological polar surface area (TPSA) is 58.4 Å². The molecule has 3 N–H and O–H groups in total. The van der Waals surface area contributed by atoms with E-state index in [4.69, 9.17) is 5.73 Å². The van der Waals surface area contributed by atoms with Gasteiger partial charge in [0.05, 0.1) is 6.54 Å². The summed E-state index contributed by atoms with van der Waals surface area (Å²) in [6, 6.07) is 0.210. The molecule has 0 aliphatic carbocycles. The maximum atomic E-state index is 12.0. The van der Waals surface area contributed by atoms with Crippen LogP contribution >= 0.6 is 0 Å². The van der Waals surface area contributed by atoms with Gasteiger partial charge in [-0.05, 0) is 32.7 Å². The Hall–Kier alpha value is -0.610. The molecule has 0 aromatic rings. The summed E-state index contributed by atoms with van der Waals surface area (Å²) in [7, 11) is 1.99. The van der Waals surface area contributed by atoms with Crippen LogP contribution in [0.1, 0.15) is 47.5 Å². The van der Waals surface area contributed by atoms with E-state index < -0.39 is 0 Å². The minimum atomic E-state index is -0.0571. The molecule has 0 aliphatic rings. The molecule has 0 bridgehead atoms. The van der Waals surface area contributed by atoms with E-state index in [-0.39, 0.29) is 17.5 Å². The highest BCUT2D eigenvalue weighted by atomic mass is 16.2. The van der Waals surface area contributed by atoms with Crippen molar-refractivity contribution in [2.24, 2.45) is 11.7 Å². The van der Waals surface area contributed by atoms with Gasteiger partial charge < -0.3 is 11.1 Å². The molecule has 18 heavy (non-hydrogen) atoms. The van der Waals surface area contributed by atoms with Gasteiger partial charge >= 0.3 is 0 Å². The highest BCUT2D eigenvalue weighted by Crippen LogP contribution is 2.20. The summed E-state index contributed by atoms with van der Waals surface area (Å²) < 4.78 is 0. The highest BCUT2D eigenvalue weighted by molar-refractivity contribution is 5.78. The van der Waals surface area contributed by atoms with Crippen molar-refractivity contribution >= 4 is 5.91 Å². The Morgan fingerprint density at radius 1 is 1.28 bits per heavy atom. The van der Waals surface area contributed by atoms with E-state index in [2.05, 4.69) is 37.9 Å². The molecule has 0 heterocycles. The Morgan fingerprint density at radius 3 is 2.11 bits per heavy atom. The van der Waals surface area contributed by atoms with Crippen molar-refractivity contribution in [1.82, 2.24) is 10.2 Å². The zero-order chi connectivity index (χ0) is 14.3. The second kappa shape index (κ2) is 7.74. The number of nitrogens with one attached hydrogen (secondary N) is 1. The quantitative estimate of drug-likeness (QED) is 0.694. The summed E-state index contributed by atoms with van der Waals surface area (Å²) in [6.07, 6.45) is 1.92. The Labute approximate surface area is 112 Å². The van der Waals surface area contributed by atoms with E-state index in [1.54, 1.807) is 0 Å². The van der Waals surface area contributed by atoms with Gasteiger partial charge in [-0.2, -0.15) is 0 Å². The van der Waals surface area contributed by atoms with Crippen LogP contribution in [0.4, 0.5) is 0 Å². The van der Waals surface area contributed by atoms with E-state index in [0.29, 0.717) is 19.0 Å². The maximum absolute atomic E-state index is 12.0. The fraction of sp³-hybridized carbons (Fsp3) is 0.929. The van der Waals surface area contributed by atoms with Crippen LogP contribution in [0.5, 0.6) is 0 Å². The zero-order valence-electron chi connectivity index (χ0n) is 12.9. The van der Waals surface area contributed by atoms with Gasteiger partial charge in [-0.1, -0.05) is 27.7 Å². The average molecular weight is 257 g/mol. The summed E-state index contributed by atoms with van der Waals surface area (Å²) in [5.74, 6) is 0.536. The summed E-state index contributed by atoms with van der Waals surface area (Å²) in [6.45, 7) is 11.5. The molecule has 4 heteroatoms. The molecule has 0 rings (SSSR count). The zero-order valence-corrected chi connectivity index (χ0v) is 12.9. The number of likely N-dealkylation sites (N-methyl/N-ethyl adjacent to an activating group) is 1. The first kappa shape index (κ1) is 17.4. The Bertz CT molecular complexity index is 241. The van der Waals surface area contributed by atoms with E-state index in [1.807, 2.05) is 14.0 Å². The van der Waals surface area contributed by atoms with Crippen LogP contribution in [-0.4, -0.2) is 42.5 Å². The van der Waals surface area contributed by atoms with Crippen molar-refractivity contribution in [3.05, 3.63) is 0 Å². The SMILES string of the molecule is CCC(CC)(CN)N(C)CC(=O)NC(C)C(C)C. The van der Waals surface area contributed by atoms with E-state index in [1.165, 1.54) is 0 Å². The minimum absolute atomic E-state index is 0.0571. The molecule has 0 aromatic carbocycles. The number of carbonyl (C=O) groups is 1. The van der Waals surface area contributed by atoms with Crippen LogP contribution in [0.15, 0.2) is 0 Å². The lowest BCUT2D eigenvalue weighted by molar-refractivity contribution is -0.124. The third kappa shape index (κ3) is 4.58. The predicted molar refractivity (Wildman–Crippen MR) is 77.4 cm³/mol. The van der Waals surface area contributed by atoms with Gasteiger partial charge in [0.15, 0.2) is 0 Å². The van der Waals surface area contributed by atoms with Gasteiger partial charge in [-0.3, -0.25) is 9.69 Å². The summed E-state index contributed by atoms with van der Waals surface area (Å²) in [5, 5.41) is 3.03. The molecule has 1 unspecified atom stereocenters. The number of nitrogens with two attached hydrogens (primary N) is 1. The number of nitrogens with zero attached hydrogens (tertiary/aromatic N) is 1. The second-order valence-corrected chi connectivity index (χ2v) is 5.59. The number of rotatable bonds is 8. The highest BCUT2D eigenvalue weighted by Gasteiger charge is 2.30. The van der Waals surface area contributed by atoms with E-state index in [0.717, 1.165) is 12.8 Å². The summed E-state index contributed by atoms with van der Waals surface area (Å²) in [4.78, 5) is 14.1. The molecule has 0 spiro atoms. The fourth-order valence-corrected chi connectivity index (χ4v) is 2.08. The van der Waals surface area contributed by atoms with Crippen molar-refractivity contribution in [1.29, 1.82) is 0 Å². The van der Waals surface area contributed by atoms with Gasteiger partial charge in [0.1, 0.15) is 0 Å². The predicted octanol–water partition coefficient (Wildman–Crippen LogP) is 1.60. The maximum Gasteiger partial charge on any atom is 0.234 e. The number of amides is 1. The summed E-state index contributed by atoms with van der Waals surface area (Å²) >= 11 is 0. The van der Waals surface area contributed by atoms with Crippen LogP contribution in [-0.2, 0) is 4.79 Å². The first-order chi connectivity index (χ1) is 8.32. The summed E-state index contributed by atoms with van der Waals surface area (Å²) in [5.41, 5.74) is 5.82. The van der Waals surface area contributed by atoms with Gasteiger partial charge in [0.25, 0.3) is 0 Å². The lowest BCUT2D eigenvalue weighted by atomic mass is 9.91. The normalized spacial score (nSPS) is 14.1. The molecule has 4 nitrogen and oxygen atoms in total. The molecule has 0 saturated heterocycles. The van der Waals surface area contributed by atoms with Crippen molar-refractivity contribution in [3.63, 3.8) is 0 Å². The van der Waals surface area contributed by atoms with Gasteiger partial charge in [-0.25, -0.2) is 0 Å². The van der Waals surface area contributed by atoms with Crippen molar-refractivity contribution in [2.45, 2.75) is 59.0 Å². The molecule has 0 fully saturated rings. The number of hydrogen-bond acceptors (Lipinski definition) is 3. The molecule has 0 aromatic heterocycles. The van der Waals surface area contributed by atoms with E-state index in [9.17, 15) is 4.79 Å². The third-order valence-electron chi connectivity index (χ3n) is 4.28. The first-order valence-corrected chi connectivity index (χ1v) is 7.03. The Morgan fingerprint density at radius 2 is 1.78 bits per heavy atom. The van der Waals surface area contributed by atoms with Crippen molar-refractivity contribution < 1.29 is 4.79 Å². The smallest absolute Gasteiger partial charge is 0.234 e. The second-order valence-electron chi connectivity index (χ2n) is 5.59. The molecule has 0 aliphatic heterocycles. The molecule has 108 valence electrons. The molecule has 1 amide bonds. The van der Waals surface area contributed by atoms with Crippen LogP contribution in [0.25, 0.3) is 0 Å². The van der Waals surface area contributed by atoms with Crippen LogP contribution in [0.3, 0.4) is 0 Å². The Kier molecular flexibility index (Phi) is 7.48. The van der Waals surface area contributed by atoms with E-state index >= 15 is 0 Å². The van der Waals surface area contributed by atoms with Gasteiger partial charge in [0.2, 0.25) is 5.91 Å². The van der Waals surface area contributed by atoms with Crippen molar-refractivity contribution in [2.75, 3.05) is 20.1 Å². The molecule has 1 atom stereocenters. The molecular weight excluding hydrogens is 226 g/mol. The van der Waals surface area contributed by atoms with Crippen LogP contribution < -0.4 is 11.1 Å². The molecule has 0 radical (unpaired) electrons. The molecular formula is C14H31N3O. The largest absolute Gasteiger partial charge is 0.352 e. The average Bonchev–Trinajstić information content (AvgIpc) is 2.31. The fourth-order valence-electron chi connectivity index (χ4n) is 2.08. The lowest BCUT2D eigenvalue weighted by Crippen LogP contribution is -2.54. The standard InChI is InChI=1S/C14H31N3O/c1-7-14(8-2,10-15)17(6)9-13(18)16-12(5)11(3)4/h11-12H,7-10,15H2,1-6H3,(H,16,18). The lowest BCUT2D eigenvalue weighted by Gasteiger charge is -2.39. The number of hydrogen-bond donors (Lipinski definition) is 2. The first-order valence-electron chi connectivity index (χ1n) is 7.03. The van der Waals surface area contributed by atoms with Gasteiger partial charge in [0, 0.05) is 18.1 Å². The number of carbonyl (C=O) groups excluding carboxylic acids is 1. The Balaban J connectivity index is 4.46. The van der Waals surface area contributed by atoms with Crippen molar-refractivity contribution in [3.8, 4) is 0 Å². The van der Waals surface area contributed by atoms with Gasteiger partial charge in [-0.15, -0.1) is 0 Å². The minimum Gasteiger partial charge on any atom is -0.352 e.